The summed E-state index contributed by atoms with van der Waals surface area (Å²) in [6, 6.07) is 2.19. The van der Waals surface area contributed by atoms with Crippen LogP contribution in [0.3, 0.4) is 0 Å². The molecule has 1 aromatic carbocycles. The summed E-state index contributed by atoms with van der Waals surface area (Å²) >= 11 is 0. The number of piperazine rings is 1. The number of ether oxygens (including phenoxy) is 1. The van der Waals surface area contributed by atoms with Crippen LogP contribution in [0.1, 0.15) is 40.7 Å². The fourth-order valence-corrected chi connectivity index (χ4v) is 3.98. The van der Waals surface area contributed by atoms with Crippen molar-refractivity contribution in [2.75, 3.05) is 32.8 Å². The summed E-state index contributed by atoms with van der Waals surface area (Å²) in [5.41, 5.74) is 6.07. The Morgan fingerprint density at radius 3 is 2.12 bits per heavy atom. The Labute approximate surface area is 156 Å². The Morgan fingerprint density at radius 2 is 1.58 bits per heavy atom. The molecule has 0 saturated carbocycles. The van der Waals surface area contributed by atoms with Crippen molar-refractivity contribution in [3.8, 4) is 0 Å². The maximum atomic E-state index is 12.8. The van der Waals surface area contributed by atoms with Gasteiger partial charge in [0.05, 0.1) is 6.42 Å². The van der Waals surface area contributed by atoms with Crippen molar-refractivity contribution >= 4 is 11.8 Å². The lowest BCUT2D eigenvalue weighted by atomic mass is 9.92. The molecule has 0 N–H and O–H groups in total. The first-order valence-electron chi connectivity index (χ1n) is 9.63. The highest BCUT2D eigenvalue weighted by Gasteiger charge is 2.31. The van der Waals surface area contributed by atoms with E-state index in [4.69, 9.17) is 4.74 Å². The van der Waals surface area contributed by atoms with Crippen LogP contribution in [0.2, 0.25) is 0 Å². The van der Waals surface area contributed by atoms with Crippen molar-refractivity contribution in [1.82, 2.24) is 9.80 Å². The minimum atomic E-state index is -0.266. The molecule has 2 amide bonds. The SMILES string of the molecule is Cc1cc(C)c(C)c(CC(=O)N2CCN(C(=O)C3CCCO3)CC2)c1C. The van der Waals surface area contributed by atoms with Crippen molar-refractivity contribution in [3.05, 3.63) is 33.9 Å². The average molecular weight is 358 g/mol. The van der Waals surface area contributed by atoms with Crippen LogP contribution < -0.4 is 0 Å². The molecule has 0 aliphatic carbocycles. The van der Waals surface area contributed by atoms with Gasteiger partial charge < -0.3 is 14.5 Å². The molecule has 1 aromatic rings. The molecule has 5 nitrogen and oxygen atoms in total. The lowest BCUT2D eigenvalue weighted by molar-refractivity contribution is -0.145. The van der Waals surface area contributed by atoms with E-state index < -0.39 is 0 Å². The van der Waals surface area contributed by atoms with Gasteiger partial charge in [-0.25, -0.2) is 0 Å². The molecule has 2 fully saturated rings. The molecule has 0 aromatic heterocycles. The van der Waals surface area contributed by atoms with Gasteiger partial charge in [-0.05, 0) is 68.4 Å². The van der Waals surface area contributed by atoms with Gasteiger partial charge in [0.1, 0.15) is 6.10 Å². The lowest BCUT2D eigenvalue weighted by Gasteiger charge is -2.36. The molecule has 2 saturated heterocycles. The van der Waals surface area contributed by atoms with Gasteiger partial charge in [0.2, 0.25) is 5.91 Å². The number of hydrogen-bond donors (Lipinski definition) is 0. The van der Waals surface area contributed by atoms with Gasteiger partial charge in [0, 0.05) is 32.8 Å². The average Bonchev–Trinajstić information content (AvgIpc) is 3.17. The fourth-order valence-electron chi connectivity index (χ4n) is 3.98. The minimum Gasteiger partial charge on any atom is -0.368 e. The van der Waals surface area contributed by atoms with Gasteiger partial charge in [0.15, 0.2) is 0 Å². The Bertz CT molecular complexity index is 673. The largest absolute Gasteiger partial charge is 0.368 e. The first-order chi connectivity index (χ1) is 12.4. The number of nitrogens with zero attached hydrogens (tertiary/aromatic N) is 2. The second-order valence-corrected chi connectivity index (χ2v) is 7.62. The molecular formula is C21H30N2O3. The molecular weight excluding hydrogens is 328 g/mol. The number of rotatable bonds is 3. The van der Waals surface area contributed by atoms with E-state index in [1.54, 1.807) is 0 Å². The minimum absolute atomic E-state index is 0.0931. The predicted octanol–water partition coefficient (Wildman–Crippen LogP) is 2.31. The quantitative estimate of drug-likeness (QED) is 0.833. The molecule has 1 unspecified atom stereocenters. The van der Waals surface area contributed by atoms with E-state index in [0.29, 0.717) is 39.2 Å². The second kappa shape index (κ2) is 7.78. The zero-order valence-corrected chi connectivity index (χ0v) is 16.4. The maximum Gasteiger partial charge on any atom is 0.251 e. The molecule has 142 valence electrons. The maximum absolute atomic E-state index is 12.8. The van der Waals surface area contributed by atoms with Crippen molar-refractivity contribution in [2.24, 2.45) is 0 Å². The van der Waals surface area contributed by atoms with Crippen LogP contribution in [0.4, 0.5) is 0 Å². The van der Waals surface area contributed by atoms with Crippen molar-refractivity contribution in [3.63, 3.8) is 0 Å². The van der Waals surface area contributed by atoms with Crippen LogP contribution in [0.15, 0.2) is 6.07 Å². The van der Waals surface area contributed by atoms with E-state index >= 15 is 0 Å². The molecule has 1 atom stereocenters. The van der Waals surface area contributed by atoms with Crippen LogP contribution >= 0.6 is 0 Å². The molecule has 2 heterocycles. The summed E-state index contributed by atoms with van der Waals surface area (Å²) in [5.74, 6) is 0.251. The zero-order chi connectivity index (χ0) is 18.8. The van der Waals surface area contributed by atoms with Gasteiger partial charge in [-0.15, -0.1) is 0 Å². The van der Waals surface area contributed by atoms with Crippen molar-refractivity contribution < 1.29 is 14.3 Å². The first-order valence-corrected chi connectivity index (χ1v) is 9.63. The number of carbonyl (C=O) groups is 2. The predicted molar refractivity (Wildman–Crippen MR) is 101 cm³/mol. The normalized spacial score (nSPS) is 20.5. The molecule has 0 bridgehead atoms. The first kappa shape index (κ1) is 18.9. The number of carbonyl (C=O) groups excluding carboxylic acids is 2. The van der Waals surface area contributed by atoms with Gasteiger partial charge in [0.25, 0.3) is 5.91 Å². The van der Waals surface area contributed by atoms with Crippen LogP contribution in [0.25, 0.3) is 0 Å². The summed E-state index contributed by atoms with van der Waals surface area (Å²) in [5, 5.41) is 0. The van der Waals surface area contributed by atoms with Crippen LogP contribution in [0.5, 0.6) is 0 Å². The molecule has 2 aliphatic rings. The van der Waals surface area contributed by atoms with Crippen molar-refractivity contribution in [1.29, 1.82) is 0 Å². The summed E-state index contributed by atoms with van der Waals surface area (Å²) in [7, 11) is 0. The van der Waals surface area contributed by atoms with Crippen LogP contribution in [-0.4, -0.2) is 60.5 Å². The summed E-state index contributed by atoms with van der Waals surface area (Å²) < 4.78 is 5.50. The Kier molecular flexibility index (Phi) is 5.66. The van der Waals surface area contributed by atoms with Crippen LogP contribution in [0, 0.1) is 27.7 Å². The molecule has 3 rings (SSSR count). The topological polar surface area (TPSA) is 49.9 Å². The zero-order valence-electron chi connectivity index (χ0n) is 16.4. The number of hydrogen-bond acceptors (Lipinski definition) is 3. The third-order valence-corrected chi connectivity index (χ3v) is 6.00. The number of benzene rings is 1. The second-order valence-electron chi connectivity index (χ2n) is 7.62. The summed E-state index contributed by atoms with van der Waals surface area (Å²) in [6.45, 7) is 11.5. The van der Waals surface area contributed by atoms with Gasteiger partial charge in [-0.1, -0.05) is 6.07 Å². The van der Waals surface area contributed by atoms with E-state index in [1.807, 2.05) is 9.80 Å². The third kappa shape index (κ3) is 3.78. The van der Waals surface area contributed by atoms with E-state index in [9.17, 15) is 9.59 Å². The smallest absolute Gasteiger partial charge is 0.251 e. The molecule has 0 radical (unpaired) electrons. The lowest BCUT2D eigenvalue weighted by Crippen LogP contribution is -2.53. The molecule has 26 heavy (non-hydrogen) atoms. The standard InChI is InChI=1S/C21H30N2O3/c1-14-12-15(2)17(4)18(16(14)3)13-20(24)22-7-9-23(10-8-22)21(25)19-6-5-11-26-19/h12,19H,5-11,13H2,1-4H3. The molecule has 0 spiro atoms. The van der Waals surface area contributed by atoms with E-state index in [1.165, 1.54) is 22.3 Å². The number of amides is 2. The van der Waals surface area contributed by atoms with Gasteiger partial charge in [-0.3, -0.25) is 9.59 Å². The number of aryl methyl sites for hydroxylation is 2. The Morgan fingerprint density at radius 1 is 1.00 bits per heavy atom. The molecule has 5 heteroatoms. The highest BCUT2D eigenvalue weighted by molar-refractivity contribution is 5.82. The summed E-state index contributed by atoms with van der Waals surface area (Å²) in [6.07, 6.45) is 1.96. The Balaban J connectivity index is 1.60. The Hall–Kier alpha value is -1.88. The highest BCUT2D eigenvalue weighted by atomic mass is 16.5. The van der Waals surface area contributed by atoms with Crippen molar-refractivity contribution in [2.45, 2.75) is 53.1 Å². The molecule has 2 aliphatic heterocycles. The highest BCUT2D eigenvalue weighted by Crippen LogP contribution is 2.23. The van der Waals surface area contributed by atoms with E-state index in [0.717, 1.165) is 18.4 Å². The fraction of sp³-hybridized carbons (Fsp3) is 0.619. The van der Waals surface area contributed by atoms with E-state index in [-0.39, 0.29) is 17.9 Å². The summed E-state index contributed by atoms with van der Waals surface area (Å²) in [4.78, 5) is 29.0. The monoisotopic (exact) mass is 358 g/mol. The van der Waals surface area contributed by atoms with Crippen LogP contribution in [-0.2, 0) is 20.7 Å². The van der Waals surface area contributed by atoms with Gasteiger partial charge >= 0.3 is 0 Å². The third-order valence-electron chi connectivity index (χ3n) is 6.00. The van der Waals surface area contributed by atoms with E-state index in [2.05, 4.69) is 33.8 Å². The van der Waals surface area contributed by atoms with Gasteiger partial charge in [-0.2, -0.15) is 0 Å².